The fraction of sp³-hybridized carbons (Fsp3) is 0.185. The fourth-order valence-corrected chi connectivity index (χ4v) is 4.71. The van der Waals surface area contributed by atoms with Crippen molar-refractivity contribution in [2.75, 3.05) is 18.6 Å². The zero-order chi connectivity index (χ0) is 23.4. The van der Waals surface area contributed by atoms with E-state index in [9.17, 15) is 10.1 Å². The molecule has 3 aromatic carbocycles. The van der Waals surface area contributed by atoms with Gasteiger partial charge in [-0.2, -0.15) is 5.26 Å². The van der Waals surface area contributed by atoms with Gasteiger partial charge in [-0.1, -0.05) is 43.3 Å². The molecule has 0 spiro atoms. The first kappa shape index (κ1) is 22.9. The minimum atomic E-state index is 0.0143. The normalized spacial score (nSPS) is 13.7. The molecule has 6 heteroatoms. The summed E-state index contributed by atoms with van der Waals surface area (Å²) in [5, 5.41) is 9.32. The number of fused-ring (bicyclic) bond motifs is 1. The lowest BCUT2D eigenvalue weighted by molar-refractivity contribution is -0.113. The maximum atomic E-state index is 13.2. The van der Waals surface area contributed by atoms with Crippen molar-refractivity contribution in [3.63, 3.8) is 0 Å². The summed E-state index contributed by atoms with van der Waals surface area (Å²) in [4.78, 5) is 15.0. The Morgan fingerprint density at radius 1 is 1.12 bits per heavy atom. The van der Waals surface area contributed by atoms with Crippen molar-refractivity contribution in [1.29, 1.82) is 5.26 Å². The summed E-state index contributed by atoms with van der Waals surface area (Å²) in [6.07, 6.45) is 2.80. The first-order valence-corrected chi connectivity index (χ1v) is 11.8. The van der Waals surface area contributed by atoms with Crippen molar-refractivity contribution in [2.24, 2.45) is 0 Å². The number of benzene rings is 3. The maximum absolute atomic E-state index is 13.2. The second-order valence-electron chi connectivity index (χ2n) is 7.62. The zero-order valence-electron chi connectivity index (χ0n) is 18.5. The van der Waals surface area contributed by atoms with Gasteiger partial charge in [0.1, 0.15) is 6.61 Å². The number of methoxy groups -OCH3 is 1. The van der Waals surface area contributed by atoms with Gasteiger partial charge in [0.2, 0.25) is 0 Å². The highest BCUT2D eigenvalue weighted by Gasteiger charge is 2.31. The number of halogens is 1. The Labute approximate surface area is 207 Å². The largest absolute Gasteiger partial charge is 0.493 e. The molecule has 0 saturated heterocycles. The van der Waals surface area contributed by atoms with E-state index in [0.29, 0.717) is 29.2 Å². The number of para-hydroxylation sites is 1. The molecule has 0 bridgehead atoms. The van der Waals surface area contributed by atoms with Crippen LogP contribution in [0.25, 0.3) is 11.6 Å². The van der Waals surface area contributed by atoms with E-state index in [1.807, 2.05) is 65.6 Å². The minimum absolute atomic E-state index is 0.0143. The van der Waals surface area contributed by atoms with Gasteiger partial charge >= 0.3 is 0 Å². The maximum Gasteiger partial charge on any atom is 0.258 e. The van der Waals surface area contributed by atoms with Crippen LogP contribution in [0.2, 0.25) is 0 Å². The quantitative estimate of drug-likeness (QED) is 0.266. The Balaban J connectivity index is 1.67. The number of rotatable bonds is 7. The van der Waals surface area contributed by atoms with E-state index in [2.05, 4.69) is 35.6 Å². The number of nitriles is 1. The van der Waals surface area contributed by atoms with Crippen LogP contribution in [-0.4, -0.2) is 19.6 Å². The van der Waals surface area contributed by atoms with Crippen LogP contribution in [0.4, 0.5) is 5.69 Å². The molecule has 0 aromatic heterocycles. The van der Waals surface area contributed by atoms with E-state index in [1.54, 1.807) is 13.2 Å². The smallest absolute Gasteiger partial charge is 0.258 e. The fourth-order valence-electron chi connectivity index (χ4n) is 3.93. The van der Waals surface area contributed by atoms with Crippen LogP contribution in [0.1, 0.15) is 35.6 Å². The monoisotopic (exact) mass is 550 g/mol. The highest BCUT2D eigenvalue weighted by Crippen LogP contribution is 2.40. The van der Waals surface area contributed by atoms with Gasteiger partial charge in [0.15, 0.2) is 11.5 Å². The van der Waals surface area contributed by atoms with Gasteiger partial charge in [-0.3, -0.25) is 4.79 Å². The number of hydrogen-bond acceptors (Lipinski definition) is 4. The number of amides is 1. The van der Waals surface area contributed by atoms with Gasteiger partial charge in [-0.05, 0) is 64.9 Å². The SMILES string of the molecule is CCCN1C(=O)/C(=C\c2cc(I)c(OCc3ccccc3C#N)c(OC)c2)c2ccccc21. The van der Waals surface area contributed by atoms with Crippen molar-refractivity contribution < 1.29 is 14.3 Å². The number of hydrogen-bond donors (Lipinski definition) is 0. The van der Waals surface area contributed by atoms with Crippen molar-refractivity contribution in [3.8, 4) is 17.6 Å². The summed E-state index contributed by atoms with van der Waals surface area (Å²) >= 11 is 2.21. The molecule has 0 N–H and O–H groups in total. The van der Waals surface area contributed by atoms with E-state index < -0.39 is 0 Å². The minimum Gasteiger partial charge on any atom is -0.493 e. The molecule has 0 fully saturated rings. The van der Waals surface area contributed by atoms with Gasteiger partial charge in [0.05, 0.1) is 28.0 Å². The van der Waals surface area contributed by atoms with Gasteiger partial charge in [0.25, 0.3) is 5.91 Å². The van der Waals surface area contributed by atoms with Gasteiger partial charge in [-0.25, -0.2) is 0 Å². The van der Waals surface area contributed by atoms with E-state index in [4.69, 9.17) is 9.47 Å². The summed E-state index contributed by atoms with van der Waals surface area (Å²) in [5.74, 6) is 1.20. The molecule has 0 saturated carbocycles. The van der Waals surface area contributed by atoms with Crippen molar-refractivity contribution in [2.45, 2.75) is 20.0 Å². The lowest BCUT2D eigenvalue weighted by Gasteiger charge is -2.15. The molecule has 0 radical (unpaired) electrons. The predicted molar refractivity (Wildman–Crippen MR) is 138 cm³/mol. The molecule has 1 amide bonds. The third kappa shape index (κ3) is 4.60. The summed E-state index contributed by atoms with van der Waals surface area (Å²) in [6, 6.07) is 21.3. The third-order valence-electron chi connectivity index (χ3n) is 5.48. The number of ether oxygens (including phenoxy) is 2. The lowest BCUT2D eigenvalue weighted by atomic mass is 10.0. The lowest BCUT2D eigenvalue weighted by Crippen LogP contribution is -2.26. The molecular weight excluding hydrogens is 527 g/mol. The highest BCUT2D eigenvalue weighted by atomic mass is 127. The molecule has 0 aliphatic carbocycles. The second-order valence-corrected chi connectivity index (χ2v) is 8.79. The number of carbonyl (C=O) groups excluding carboxylic acids is 1. The molecule has 166 valence electrons. The Kier molecular flexibility index (Phi) is 6.99. The Morgan fingerprint density at radius 3 is 2.64 bits per heavy atom. The van der Waals surface area contributed by atoms with Gasteiger partial charge in [-0.15, -0.1) is 0 Å². The van der Waals surface area contributed by atoms with Crippen LogP contribution in [0, 0.1) is 14.9 Å². The summed E-state index contributed by atoms with van der Waals surface area (Å²) < 4.78 is 12.5. The van der Waals surface area contributed by atoms with Gasteiger partial charge in [0, 0.05) is 23.2 Å². The molecule has 0 unspecified atom stereocenters. The van der Waals surface area contributed by atoms with Crippen LogP contribution < -0.4 is 14.4 Å². The average Bonchev–Trinajstić information content (AvgIpc) is 3.09. The molecule has 4 rings (SSSR count). The van der Waals surface area contributed by atoms with Crippen molar-refractivity contribution >= 4 is 45.8 Å². The van der Waals surface area contributed by atoms with Crippen molar-refractivity contribution in [3.05, 3.63) is 86.5 Å². The van der Waals surface area contributed by atoms with Crippen LogP contribution in [-0.2, 0) is 11.4 Å². The van der Waals surface area contributed by atoms with Crippen molar-refractivity contribution in [1.82, 2.24) is 0 Å². The Bertz CT molecular complexity index is 1280. The van der Waals surface area contributed by atoms with E-state index >= 15 is 0 Å². The topological polar surface area (TPSA) is 62.6 Å². The van der Waals surface area contributed by atoms with E-state index in [-0.39, 0.29) is 12.5 Å². The Hall–Kier alpha value is -3.31. The summed E-state index contributed by atoms with van der Waals surface area (Å²) in [5.41, 5.74) is 4.83. The van der Waals surface area contributed by atoms with E-state index in [1.165, 1.54) is 0 Å². The standard InChI is InChI=1S/C27H23IN2O3/c1-3-12-30-24-11-7-6-10-21(24)22(27(30)31)13-18-14-23(28)26(25(15-18)32-2)33-17-20-9-5-4-8-19(20)16-29/h4-11,13-15H,3,12,17H2,1-2H3/b22-13-. The zero-order valence-corrected chi connectivity index (χ0v) is 20.6. The number of anilines is 1. The highest BCUT2D eigenvalue weighted by molar-refractivity contribution is 14.1. The van der Waals surface area contributed by atoms with Crippen LogP contribution in [0.5, 0.6) is 11.5 Å². The van der Waals surface area contributed by atoms with Crippen LogP contribution >= 0.6 is 22.6 Å². The molecule has 1 heterocycles. The van der Waals surface area contributed by atoms with E-state index in [0.717, 1.165) is 32.4 Å². The predicted octanol–water partition coefficient (Wildman–Crippen LogP) is 6.05. The molecule has 33 heavy (non-hydrogen) atoms. The Morgan fingerprint density at radius 2 is 1.88 bits per heavy atom. The molecule has 5 nitrogen and oxygen atoms in total. The van der Waals surface area contributed by atoms with Crippen LogP contribution in [0.3, 0.4) is 0 Å². The number of carbonyl (C=O) groups is 1. The first-order valence-electron chi connectivity index (χ1n) is 10.7. The van der Waals surface area contributed by atoms with Crippen LogP contribution in [0.15, 0.2) is 60.7 Å². The molecule has 0 atom stereocenters. The summed E-state index contributed by atoms with van der Waals surface area (Å²) in [7, 11) is 1.59. The van der Waals surface area contributed by atoms with Gasteiger partial charge < -0.3 is 14.4 Å². The first-order chi connectivity index (χ1) is 16.1. The summed E-state index contributed by atoms with van der Waals surface area (Å²) in [6.45, 7) is 3.01. The molecular formula is C27H23IN2O3. The second kappa shape index (κ2) is 10.1. The average molecular weight is 550 g/mol. The molecule has 3 aromatic rings. The molecule has 1 aliphatic heterocycles. The number of nitrogens with zero attached hydrogens (tertiary/aromatic N) is 2. The third-order valence-corrected chi connectivity index (χ3v) is 6.28. The molecule has 1 aliphatic rings.